The Kier molecular flexibility index (Phi) is 10.4. The fraction of sp³-hybridized carbons (Fsp3) is 0.455. The molecular weight excluding hydrogens is 212 g/mol. The van der Waals surface area contributed by atoms with E-state index in [-0.39, 0.29) is 6.61 Å². The van der Waals surface area contributed by atoms with Gasteiger partial charge in [-0.25, -0.2) is 9.59 Å². The van der Waals surface area contributed by atoms with E-state index in [9.17, 15) is 9.59 Å². The second-order valence-electron chi connectivity index (χ2n) is 3.10. The van der Waals surface area contributed by atoms with Gasteiger partial charge in [-0.2, -0.15) is 0 Å². The quantitative estimate of drug-likeness (QED) is 0.546. The van der Waals surface area contributed by atoms with Crippen LogP contribution in [0.4, 0.5) is 0 Å². The summed E-state index contributed by atoms with van der Waals surface area (Å²) in [7, 11) is 0. The van der Waals surface area contributed by atoms with E-state index in [1.54, 1.807) is 13.8 Å². The van der Waals surface area contributed by atoms with Gasteiger partial charge in [0, 0.05) is 18.1 Å². The molecule has 16 heavy (non-hydrogen) atoms. The van der Waals surface area contributed by atoms with Crippen LogP contribution < -0.4 is 0 Å². The molecule has 92 valence electrons. The van der Waals surface area contributed by atoms with Gasteiger partial charge < -0.3 is 14.9 Å². The first kappa shape index (κ1) is 16.8. The molecule has 0 aliphatic rings. The number of hydrogen-bond donors (Lipinski definition) is 2. The summed E-state index contributed by atoms with van der Waals surface area (Å²) in [5.41, 5.74) is 0.385. The molecule has 0 fully saturated rings. The highest BCUT2D eigenvalue weighted by molar-refractivity contribution is 5.86. The molecule has 2 N–H and O–H groups in total. The maximum Gasteiger partial charge on any atom is 0.333 e. The molecule has 0 aromatic heterocycles. The smallest absolute Gasteiger partial charge is 0.333 e. The molecule has 0 aromatic carbocycles. The molecule has 1 unspecified atom stereocenters. The average Bonchev–Trinajstić information content (AvgIpc) is 2.17. The van der Waals surface area contributed by atoms with E-state index in [0.29, 0.717) is 12.0 Å². The van der Waals surface area contributed by atoms with Crippen LogP contribution in [0.1, 0.15) is 20.3 Å². The number of esters is 1. The Hall–Kier alpha value is -1.62. The first-order valence-electron chi connectivity index (χ1n) is 4.67. The van der Waals surface area contributed by atoms with Gasteiger partial charge in [0.2, 0.25) is 0 Å². The molecule has 0 radical (unpaired) electrons. The van der Waals surface area contributed by atoms with Crippen LogP contribution in [0.3, 0.4) is 0 Å². The van der Waals surface area contributed by atoms with Crippen LogP contribution in [0, 0.1) is 0 Å². The Labute approximate surface area is 95.0 Å². The van der Waals surface area contributed by atoms with Crippen LogP contribution in [0.2, 0.25) is 0 Å². The standard InChI is InChI=1S/C8H14O3.C3H4O2/c1-6(2)8(10)11-5-4-7(3)9;1-2-3(4)5/h7,9H,1,4-5H2,2-3H3;2H,1H2,(H,4,5). The number of carbonyl (C=O) groups is 2. The number of aliphatic carboxylic acids is 1. The first-order valence-corrected chi connectivity index (χ1v) is 4.67. The normalized spacial score (nSPS) is 10.4. The van der Waals surface area contributed by atoms with E-state index in [2.05, 4.69) is 13.2 Å². The lowest BCUT2D eigenvalue weighted by Gasteiger charge is -2.05. The van der Waals surface area contributed by atoms with Crippen LogP contribution in [0.15, 0.2) is 24.8 Å². The average molecular weight is 230 g/mol. The van der Waals surface area contributed by atoms with Gasteiger partial charge in [0.15, 0.2) is 0 Å². The fourth-order valence-electron chi connectivity index (χ4n) is 0.445. The summed E-state index contributed by atoms with van der Waals surface area (Å²) in [6, 6.07) is 0. The van der Waals surface area contributed by atoms with E-state index < -0.39 is 18.0 Å². The van der Waals surface area contributed by atoms with Crippen LogP contribution >= 0.6 is 0 Å². The number of aliphatic hydroxyl groups is 1. The zero-order chi connectivity index (χ0) is 13.1. The third kappa shape index (κ3) is 14.9. The predicted octanol–water partition coefficient (Wildman–Crippen LogP) is 1.13. The number of carbonyl (C=O) groups excluding carboxylic acids is 1. The number of hydrogen-bond acceptors (Lipinski definition) is 4. The summed E-state index contributed by atoms with van der Waals surface area (Å²) < 4.78 is 4.72. The van der Waals surface area contributed by atoms with Crippen molar-refractivity contribution in [3.8, 4) is 0 Å². The molecule has 0 heterocycles. The highest BCUT2D eigenvalue weighted by Gasteiger charge is 2.03. The van der Waals surface area contributed by atoms with E-state index in [4.69, 9.17) is 14.9 Å². The van der Waals surface area contributed by atoms with Gasteiger partial charge in [-0.15, -0.1) is 0 Å². The number of carboxylic acid groups (broad SMARTS) is 1. The second-order valence-corrected chi connectivity index (χ2v) is 3.10. The molecule has 0 aromatic rings. The predicted molar refractivity (Wildman–Crippen MR) is 59.9 cm³/mol. The summed E-state index contributed by atoms with van der Waals surface area (Å²) in [4.78, 5) is 20.0. The van der Waals surface area contributed by atoms with Crippen LogP contribution in [-0.2, 0) is 14.3 Å². The lowest BCUT2D eigenvalue weighted by molar-refractivity contribution is -0.139. The Morgan fingerprint density at radius 1 is 1.50 bits per heavy atom. The largest absolute Gasteiger partial charge is 0.478 e. The van der Waals surface area contributed by atoms with Gasteiger partial charge in [-0.1, -0.05) is 13.2 Å². The topological polar surface area (TPSA) is 83.8 Å². The molecule has 0 saturated heterocycles. The molecule has 1 atom stereocenters. The third-order valence-electron chi connectivity index (χ3n) is 1.29. The van der Waals surface area contributed by atoms with Crippen LogP contribution in [0.25, 0.3) is 0 Å². The number of aliphatic hydroxyl groups excluding tert-OH is 1. The SMILES string of the molecule is C=C(C)C(=O)OCCC(C)O.C=CC(=O)O. The Morgan fingerprint density at radius 3 is 2.19 bits per heavy atom. The summed E-state index contributed by atoms with van der Waals surface area (Å²) >= 11 is 0. The maximum atomic E-state index is 10.7. The molecule has 0 aliphatic carbocycles. The highest BCUT2D eigenvalue weighted by Crippen LogP contribution is 1.95. The minimum atomic E-state index is -0.981. The third-order valence-corrected chi connectivity index (χ3v) is 1.29. The van der Waals surface area contributed by atoms with E-state index in [1.807, 2.05) is 0 Å². The zero-order valence-electron chi connectivity index (χ0n) is 9.60. The lowest BCUT2D eigenvalue weighted by Crippen LogP contribution is -2.10. The van der Waals surface area contributed by atoms with Crippen molar-refractivity contribution >= 4 is 11.9 Å². The number of carboxylic acids is 1. The van der Waals surface area contributed by atoms with Gasteiger partial charge in [0.25, 0.3) is 0 Å². The summed E-state index contributed by atoms with van der Waals surface area (Å²) in [6.45, 7) is 9.87. The molecule has 0 amide bonds. The monoisotopic (exact) mass is 230 g/mol. The summed E-state index contributed by atoms with van der Waals surface area (Å²) in [5, 5.41) is 16.4. The van der Waals surface area contributed by atoms with Crippen molar-refractivity contribution in [3.63, 3.8) is 0 Å². The van der Waals surface area contributed by atoms with Gasteiger partial charge in [0.05, 0.1) is 12.7 Å². The number of rotatable bonds is 5. The Morgan fingerprint density at radius 2 is 1.94 bits per heavy atom. The minimum absolute atomic E-state index is 0.253. The number of ether oxygens (including phenoxy) is 1. The maximum absolute atomic E-state index is 10.7. The minimum Gasteiger partial charge on any atom is -0.478 e. The molecular formula is C11H18O5. The van der Waals surface area contributed by atoms with Crippen molar-refractivity contribution in [3.05, 3.63) is 24.8 Å². The Balaban J connectivity index is 0. The van der Waals surface area contributed by atoms with Gasteiger partial charge >= 0.3 is 11.9 Å². The summed E-state index contributed by atoms with van der Waals surface area (Å²) in [6.07, 6.45) is 0.881. The second kappa shape index (κ2) is 9.92. The van der Waals surface area contributed by atoms with Crippen molar-refractivity contribution in [2.45, 2.75) is 26.4 Å². The molecule has 0 saturated carbocycles. The van der Waals surface area contributed by atoms with Gasteiger partial charge in [0.1, 0.15) is 0 Å². The van der Waals surface area contributed by atoms with Gasteiger partial charge in [-0.05, 0) is 13.8 Å². The lowest BCUT2D eigenvalue weighted by atomic mass is 10.3. The fourth-order valence-corrected chi connectivity index (χ4v) is 0.445. The molecule has 5 heteroatoms. The molecule has 5 nitrogen and oxygen atoms in total. The van der Waals surface area contributed by atoms with Crippen LogP contribution in [0.5, 0.6) is 0 Å². The van der Waals surface area contributed by atoms with E-state index in [0.717, 1.165) is 6.08 Å². The van der Waals surface area contributed by atoms with Gasteiger partial charge in [-0.3, -0.25) is 0 Å². The summed E-state index contributed by atoms with van der Waals surface area (Å²) in [5.74, 6) is -1.38. The van der Waals surface area contributed by atoms with Crippen molar-refractivity contribution in [2.24, 2.45) is 0 Å². The first-order chi connectivity index (χ1) is 7.31. The van der Waals surface area contributed by atoms with E-state index >= 15 is 0 Å². The molecule has 0 rings (SSSR count). The van der Waals surface area contributed by atoms with Crippen molar-refractivity contribution in [1.29, 1.82) is 0 Å². The molecule has 0 aliphatic heterocycles. The van der Waals surface area contributed by atoms with Crippen molar-refractivity contribution in [1.82, 2.24) is 0 Å². The van der Waals surface area contributed by atoms with Crippen LogP contribution in [-0.4, -0.2) is 34.9 Å². The Bertz CT molecular complexity index is 255. The molecule has 0 spiro atoms. The highest BCUT2D eigenvalue weighted by atomic mass is 16.5. The zero-order valence-corrected chi connectivity index (χ0v) is 9.60. The van der Waals surface area contributed by atoms with Crippen molar-refractivity contribution < 1.29 is 24.5 Å². The van der Waals surface area contributed by atoms with E-state index in [1.165, 1.54) is 0 Å². The van der Waals surface area contributed by atoms with Crippen molar-refractivity contribution in [2.75, 3.05) is 6.61 Å². The molecule has 0 bridgehead atoms.